The minimum absolute atomic E-state index is 0.0419. The van der Waals surface area contributed by atoms with Gasteiger partial charge in [0.15, 0.2) is 0 Å². The smallest absolute Gasteiger partial charge is 0.272 e. The molecule has 0 unspecified atom stereocenters. The van der Waals surface area contributed by atoms with E-state index in [0.29, 0.717) is 32.8 Å². The Morgan fingerprint density at radius 1 is 0.786 bits per heavy atom. The van der Waals surface area contributed by atoms with Gasteiger partial charge in [-0.15, -0.1) is 11.8 Å². The first-order valence-electron chi connectivity index (χ1n) is 13.2. The van der Waals surface area contributed by atoms with Gasteiger partial charge in [-0.1, -0.05) is 79.5 Å². The molecular weight excluding hydrogens is 589 g/mol. The minimum Gasteiger partial charge on any atom is -0.325 e. The Balaban J connectivity index is 1.45. The van der Waals surface area contributed by atoms with Crippen LogP contribution in [0.1, 0.15) is 41.3 Å². The summed E-state index contributed by atoms with van der Waals surface area (Å²) in [5, 5.41) is 9.06. The highest BCUT2D eigenvalue weighted by atomic mass is 35.5. The highest BCUT2D eigenvalue weighted by molar-refractivity contribution is 8.00. The molecule has 4 aromatic carbocycles. The van der Waals surface area contributed by atoms with Crippen molar-refractivity contribution >= 4 is 70.1 Å². The van der Waals surface area contributed by atoms with E-state index in [9.17, 15) is 14.4 Å². The number of benzene rings is 4. The van der Waals surface area contributed by atoms with Crippen LogP contribution in [0.15, 0.2) is 108 Å². The van der Waals surface area contributed by atoms with E-state index in [1.807, 2.05) is 30.3 Å². The Hall–Kier alpha value is -4.04. The lowest BCUT2D eigenvalue weighted by atomic mass is 10.0. The number of rotatable bonds is 10. The van der Waals surface area contributed by atoms with Gasteiger partial charge in [-0.3, -0.25) is 14.4 Å². The van der Waals surface area contributed by atoms with Crippen LogP contribution in [0.25, 0.3) is 6.08 Å². The summed E-state index contributed by atoms with van der Waals surface area (Å²) in [5.41, 5.74) is 3.16. The molecule has 3 amide bonds. The Kier molecular flexibility index (Phi) is 10.8. The molecule has 4 rings (SSSR count). The quantitative estimate of drug-likeness (QED) is 0.123. The summed E-state index contributed by atoms with van der Waals surface area (Å²) >= 11 is 14.0. The van der Waals surface area contributed by atoms with Crippen LogP contribution in [0, 0.1) is 0 Å². The second-order valence-electron chi connectivity index (χ2n) is 9.61. The lowest BCUT2D eigenvalue weighted by molar-refractivity contribution is -0.114. The lowest BCUT2D eigenvalue weighted by Gasteiger charge is -2.13. The third-order valence-corrected chi connectivity index (χ3v) is 7.79. The highest BCUT2D eigenvalue weighted by Gasteiger charge is 2.17. The molecule has 0 atom stereocenters. The zero-order valence-electron chi connectivity index (χ0n) is 23.0. The number of hydrogen-bond donors (Lipinski definition) is 3. The Labute approximate surface area is 259 Å². The van der Waals surface area contributed by atoms with Gasteiger partial charge < -0.3 is 16.0 Å². The summed E-state index contributed by atoms with van der Waals surface area (Å²) in [7, 11) is 0. The number of carbonyl (C=O) groups excluding carboxylic acids is 3. The van der Waals surface area contributed by atoms with E-state index in [1.165, 1.54) is 23.4 Å². The van der Waals surface area contributed by atoms with Gasteiger partial charge in [0.25, 0.3) is 11.8 Å². The van der Waals surface area contributed by atoms with Crippen LogP contribution in [0.3, 0.4) is 0 Å². The topological polar surface area (TPSA) is 87.3 Å². The minimum atomic E-state index is -0.569. The lowest BCUT2D eigenvalue weighted by Crippen LogP contribution is -2.30. The summed E-state index contributed by atoms with van der Waals surface area (Å²) in [4.78, 5) is 39.6. The van der Waals surface area contributed by atoms with E-state index in [-0.39, 0.29) is 17.4 Å². The summed E-state index contributed by atoms with van der Waals surface area (Å²) in [6.07, 6.45) is 1.44. The van der Waals surface area contributed by atoms with Crippen LogP contribution in [0.2, 0.25) is 10.0 Å². The van der Waals surface area contributed by atoms with Gasteiger partial charge >= 0.3 is 0 Å². The van der Waals surface area contributed by atoms with E-state index in [4.69, 9.17) is 23.2 Å². The number of anilines is 2. The van der Waals surface area contributed by atoms with E-state index < -0.39 is 11.8 Å². The van der Waals surface area contributed by atoms with Crippen LogP contribution >= 0.6 is 35.0 Å². The molecule has 4 aromatic rings. The molecule has 42 heavy (non-hydrogen) atoms. The first-order valence-corrected chi connectivity index (χ1v) is 14.9. The van der Waals surface area contributed by atoms with Gasteiger partial charge in [-0.05, 0) is 72.2 Å². The molecule has 0 aromatic heterocycles. The number of thioether (sulfide) groups is 1. The second kappa shape index (κ2) is 14.7. The fraction of sp³-hybridized carbons (Fsp3) is 0.121. The maximum Gasteiger partial charge on any atom is 0.272 e. The van der Waals surface area contributed by atoms with Gasteiger partial charge in [0.2, 0.25) is 5.91 Å². The monoisotopic (exact) mass is 617 g/mol. The molecule has 0 fully saturated rings. The molecule has 0 aliphatic carbocycles. The fourth-order valence-corrected chi connectivity index (χ4v) is 5.16. The SMILES string of the molecule is CC(C)c1ccc(NC(=O)CSc2cccc(NC(=O)/C(=C\c3c(Cl)cccc3Cl)NC(=O)c3ccccc3)c2)cc1. The standard InChI is InChI=1S/C33H29Cl2N3O3S/c1-21(2)22-14-16-24(17-15-22)36-31(39)20-42-26-11-6-10-25(18-26)37-33(41)30(19-27-28(34)12-7-13-29(27)35)38-32(40)23-8-4-3-5-9-23/h3-19,21H,20H2,1-2H3,(H,36,39)(H,37,41)(H,38,40)/b30-19+. The average Bonchev–Trinajstić information content (AvgIpc) is 2.98. The summed E-state index contributed by atoms with van der Waals surface area (Å²) in [5.74, 6) is -0.572. The van der Waals surface area contributed by atoms with E-state index in [1.54, 1.807) is 66.7 Å². The number of hydrogen-bond acceptors (Lipinski definition) is 4. The molecule has 0 aliphatic rings. The van der Waals surface area contributed by atoms with Gasteiger partial charge in [0.05, 0.1) is 5.75 Å². The van der Waals surface area contributed by atoms with Crippen molar-refractivity contribution in [1.29, 1.82) is 0 Å². The Bertz CT molecular complexity index is 1590. The maximum atomic E-state index is 13.4. The van der Waals surface area contributed by atoms with Crippen LogP contribution in [0.5, 0.6) is 0 Å². The van der Waals surface area contributed by atoms with E-state index in [2.05, 4.69) is 29.8 Å². The maximum absolute atomic E-state index is 13.4. The predicted molar refractivity (Wildman–Crippen MR) is 173 cm³/mol. The highest BCUT2D eigenvalue weighted by Crippen LogP contribution is 2.27. The van der Waals surface area contributed by atoms with Crippen molar-refractivity contribution in [3.63, 3.8) is 0 Å². The first kappa shape index (κ1) is 30.9. The van der Waals surface area contributed by atoms with Crippen LogP contribution < -0.4 is 16.0 Å². The van der Waals surface area contributed by atoms with Crippen molar-refractivity contribution in [2.75, 3.05) is 16.4 Å². The van der Waals surface area contributed by atoms with Crippen molar-refractivity contribution in [3.05, 3.63) is 129 Å². The number of carbonyl (C=O) groups is 3. The van der Waals surface area contributed by atoms with Gasteiger partial charge in [-0.25, -0.2) is 0 Å². The molecule has 3 N–H and O–H groups in total. The second-order valence-corrected chi connectivity index (χ2v) is 11.5. The van der Waals surface area contributed by atoms with E-state index >= 15 is 0 Å². The molecule has 6 nitrogen and oxygen atoms in total. The van der Waals surface area contributed by atoms with Crippen LogP contribution in [-0.4, -0.2) is 23.5 Å². The molecule has 0 aliphatic heterocycles. The summed E-state index contributed by atoms with van der Waals surface area (Å²) in [6, 6.07) is 28.4. The Morgan fingerprint density at radius 2 is 1.45 bits per heavy atom. The van der Waals surface area contributed by atoms with E-state index in [0.717, 1.165) is 10.6 Å². The van der Waals surface area contributed by atoms with Gasteiger partial charge in [0, 0.05) is 37.4 Å². The Morgan fingerprint density at radius 3 is 2.12 bits per heavy atom. The van der Waals surface area contributed by atoms with Crippen LogP contribution in [-0.2, 0) is 9.59 Å². The fourth-order valence-electron chi connectivity index (χ4n) is 3.89. The van der Waals surface area contributed by atoms with Crippen molar-refractivity contribution in [1.82, 2.24) is 5.32 Å². The average molecular weight is 619 g/mol. The first-order chi connectivity index (χ1) is 20.2. The number of amides is 3. The third kappa shape index (κ3) is 8.73. The molecule has 0 spiro atoms. The third-order valence-electron chi connectivity index (χ3n) is 6.14. The predicted octanol–water partition coefficient (Wildman–Crippen LogP) is 8.26. The molecule has 0 saturated carbocycles. The molecule has 9 heteroatoms. The number of halogens is 2. The molecule has 0 saturated heterocycles. The molecule has 0 radical (unpaired) electrons. The van der Waals surface area contributed by atoms with Gasteiger partial charge in [0.1, 0.15) is 5.70 Å². The van der Waals surface area contributed by atoms with Gasteiger partial charge in [-0.2, -0.15) is 0 Å². The molecule has 0 heterocycles. The van der Waals surface area contributed by atoms with Crippen molar-refractivity contribution in [2.45, 2.75) is 24.7 Å². The van der Waals surface area contributed by atoms with Crippen molar-refractivity contribution < 1.29 is 14.4 Å². The normalized spacial score (nSPS) is 11.2. The van der Waals surface area contributed by atoms with Crippen molar-refractivity contribution in [2.24, 2.45) is 0 Å². The summed E-state index contributed by atoms with van der Waals surface area (Å²) < 4.78 is 0. The molecule has 0 bridgehead atoms. The van der Waals surface area contributed by atoms with Crippen molar-refractivity contribution in [3.8, 4) is 0 Å². The zero-order chi connectivity index (χ0) is 30.1. The van der Waals surface area contributed by atoms with Crippen LogP contribution in [0.4, 0.5) is 11.4 Å². The number of nitrogens with one attached hydrogen (secondary N) is 3. The molecule has 214 valence electrons. The zero-order valence-corrected chi connectivity index (χ0v) is 25.3. The summed E-state index contributed by atoms with van der Waals surface area (Å²) in [6.45, 7) is 4.24. The largest absolute Gasteiger partial charge is 0.325 e. The molecular formula is C33H29Cl2N3O3S.